The van der Waals surface area contributed by atoms with Crippen molar-refractivity contribution >= 4 is 11.7 Å². The molecule has 3 aromatic rings. The Labute approximate surface area is 209 Å². The van der Waals surface area contributed by atoms with E-state index in [2.05, 4.69) is 0 Å². The fraction of sp³-hybridized carbons (Fsp3) is 0.241. The summed E-state index contributed by atoms with van der Waals surface area (Å²) >= 11 is 0. The molecule has 0 saturated heterocycles. The average molecular weight is 490 g/mol. The van der Waals surface area contributed by atoms with Gasteiger partial charge in [-0.3, -0.25) is 9.59 Å². The number of aliphatic hydroxyl groups is 1. The van der Waals surface area contributed by atoms with E-state index >= 15 is 0 Å². The second kappa shape index (κ2) is 11.1. The molecule has 0 fully saturated rings. The van der Waals surface area contributed by atoms with Crippen molar-refractivity contribution in [2.45, 2.75) is 25.3 Å². The second-order valence-electron chi connectivity index (χ2n) is 8.56. The number of aliphatic hydroxyl groups excluding tert-OH is 1. The average Bonchev–Trinajstić information content (AvgIpc) is 3.16. The fourth-order valence-electron chi connectivity index (χ4n) is 4.48. The van der Waals surface area contributed by atoms with E-state index in [1.165, 1.54) is 31.3 Å². The molecule has 0 aromatic heterocycles. The van der Waals surface area contributed by atoms with Gasteiger partial charge in [-0.2, -0.15) is 0 Å². The van der Waals surface area contributed by atoms with Gasteiger partial charge in [0.05, 0.1) is 25.8 Å². The first-order valence-corrected chi connectivity index (χ1v) is 11.7. The highest BCUT2D eigenvalue weighted by Gasteiger charge is 2.43. The normalized spacial score (nSPS) is 15.4. The number of benzene rings is 3. The zero-order chi connectivity index (χ0) is 25.7. The molecule has 4 rings (SSSR count). The summed E-state index contributed by atoms with van der Waals surface area (Å²) < 4.78 is 24.1. The van der Waals surface area contributed by atoms with Gasteiger partial charge in [0, 0.05) is 13.0 Å². The molecule has 1 unspecified atom stereocenters. The summed E-state index contributed by atoms with van der Waals surface area (Å²) in [5.74, 6) is -0.831. The highest BCUT2D eigenvalue weighted by molar-refractivity contribution is 6.09. The summed E-state index contributed by atoms with van der Waals surface area (Å²) in [7, 11) is 3.03. The van der Waals surface area contributed by atoms with Gasteiger partial charge in [0.15, 0.2) is 23.0 Å². The van der Waals surface area contributed by atoms with Crippen molar-refractivity contribution in [3.8, 4) is 11.5 Å². The van der Waals surface area contributed by atoms with Crippen molar-refractivity contribution in [2.24, 2.45) is 0 Å². The maximum atomic E-state index is 13.4. The topological polar surface area (TPSA) is 76.1 Å². The van der Waals surface area contributed by atoms with Gasteiger partial charge in [0.1, 0.15) is 5.82 Å². The number of carbonyl (C=O) groups is 2. The maximum absolute atomic E-state index is 13.4. The second-order valence-corrected chi connectivity index (χ2v) is 8.56. The Morgan fingerprint density at radius 1 is 0.917 bits per heavy atom. The van der Waals surface area contributed by atoms with Crippen LogP contribution in [0.2, 0.25) is 0 Å². The quantitative estimate of drug-likeness (QED) is 0.435. The Balaban J connectivity index is 1.66. The Bertz CT molecular complexity index is 1270. The minimum absolute atomic E-state index is 0.0715. The van der Waals surface area contributed by atoms with E-state index in [4.69, 9.17) is 9.47 Å². The predicted octanol–water partition coefficient (Wildman–Crippen LogP) is 4.98. The zero-order valence-electron chi connectivity index (χ0n) is 20.2. The van der Waals surface area contributed by atoms with Crippen molar-refractivity contribution in [1.29, 1.82) is 0 Å². The number of rotatable bonds is 10. The smallest absolute Gasteiger partial charge is 0.290 e. The molecule has 0 spiro atoms. The number of nitrogens with zero attached hydrogens (tertiary/aromatic N) is 1. The van der Waals surface area contributed by atoms with Crippen LogP contribution in [0.15, 0.2) is 84.1 Å². The molecule has 6 nitrogen and oxygen atoms in total. The lowest BCUT2D eigenvalue weighted by Crippen LogP contribution is -2.33. The van der Waals surface area contributed by atoms with E-state index in [1.54, 1.807) is 30.3 Å². The summed E-state index contributed by atoms with van der Waals surface area (Å²) in [6.07, 6.45) is 1.06. The van der Waals surface area contributed by atoms with E-state index in [0.717, 1.165) is 11.1 Å². The molecule has 1 amide bonds. The molecule has 1 N–H and O–H groups in total. The van der Waals surface area contributed by atoms with Crippen molar-refractivity contribution < 1.29 is 28.6 Å². The molecule has 36 heavy (non-hydrogen) atoms. The van der Waals surface area contributed by atoms with Crippen LogP contribution in [0.1, 0.15) is 29.2 Å². The van der Waals surface area contributed by atoms with Crippen molar-refractivity contribution in [2.75, 3.05) is 20.8 Å². The van der Waals surface area contributed by atoms with Gasteiger partial charge in [-0.25, -0.2) is 4.39 Å². The Morgan fingerprint density at radius 2 is 1.58 bits per heavy atom. The highest BCUT2D eigenvalue weighted by atomic mass is 19.1. The number of Topliss-reactive ketones (excluding diaryl/α,β-unsaturated/α-hetero) is 1. The molecule has 1 heterocycles. The van der Waals surface area contributed by atoms with Crippen LogP contribution < -0.4 is 9.47 Å². The fourth-order valence-corrected chi connectivity index (χ4v) is 4.48. The predicted molar refractivity (Wildman–Crippen MR) is 134 cm³/mol. The van der Waals surface area contributed by atoms with Crippen molar-refractivity contribution in [3.63, 3.8) is 0 Å². The van der Waals surface area contributed by atoms with Gasteiger partial charge in [0.2, 0.25) is 0 Å². The lowest BCUT2D eigenvalue weighted by Gasteiger charge is -2.27. The minimum atomic E-state index is -0.791. The molecule has 186 valence electrons. The highest BCUT2D eigenvalue weighted by Crippen LogP contribution is 2.41. The van der Waals surface area contributed by atoms with Gasteiger partial charge in [-0.1, -0.05) is 48.5 Å². The number of hydrogen-bond donors (Lipinski definition) is 1. The first-order valence-electron chi connectivity index (χ1n) is 11.7. The maximum Gasteiger partial charge on any atom is 0.290 e. The SMILES string of the molecule is COc1ccc(C2C(C(=O)CCc3ccccc3)=C(O)C(=O)N2CCc2ccc(F)cc2)cc1OC. The molecule has 1 aliphatic rings. The van der Waals surface area contributed by atoms with Crippen molar-refractivity contribution in [3.05, 3.63) is 107 Å². The molecule has 0 aliphatic carbocycles. The molecule has 0 bridgehead atoms. The number of amides is 1. The Hall–Kier alpha value is -4.13. The molecule has 1 aliphatic heterocycles. The number of aryl methyl sites for hydroxylation is 1. The lowest BCUT2D eigenvalue weighted by atomic mass is 9.93. The number of hydrogen-bond acceptors (Lipinski definition) is 5. The Morgan fingerprint density at radius 3 is 2.25 bits per heavy atom. The molecule has 7 heteroatoms. The van der Waals surface area contributed by atoms with Crippen LogP contribution in [-0.2, 0) is 22.4 Å². The first kappa shape index (κ1) is 25.0. The summed E-state index contributed by atoms with van der Waals surface area (Å²) in [5.41, 5.74) is 2.51. The summed E-state index contributed by atoms with van der Waals surface area (Å²) in [5, 5.41) is 10.9. The van der Waals surface area contributed by atoms with Crippen LogP contribution in [0.3, 0.4) is 0 Å². The molecular formula is C29H28FNO5. The van der Waals surface area contributed by atoms with E-state index in [1.807, 2.05) is 30.3 Å². The summed E-state index contributed by atoms with van der Waals surface area (Å²) in [6, 6.07) is 20.0. The number of ketones is 1. The lowest BCUT2D eigenvalue weighted by molar-refractivity contribution is -0.129. The van der Waals surface area contributed by atoms with Gasteiger partial charge < -0.3 is 19.5 Å². The third-order valence-corrected chi connectivity index (χ3v) is 6.37. The van der Waals surface area contributed by atoms with Crippen molar-refractivity contribution in [1.82, 2.24) is 4.90 Å². The number of carbonyl (C=O) groups excluding carboxylic acids is 2. The standard InChI is InChI=1S/C29H28FNO5/c1-35-24-15-11-21(18-25(24)36-2)27-26(23(32)14-10-19-6-4-3-5-7-19)28(33)29(34)31(27)17-16-20-8-12-22(30)13-9-20/h3-9,11-13,15,18,27,33H,10,14,16-17H2,1-2H3. The van der Waals surface area contributed by atoms with Crippen LogP contribution in [0, 0.1) is 5.82 Å². The third kappa shape index (κ3) is 5.25. The molecule has 0 saturated carbocycles. The largest absolute Gasteiger partial charge is 0.503 e. The van der Waals surface area contributed by atoms with Crippen LogP contribution in [0.4, 0.5) is 4.39 Å². The van der Waals surface area contributed by atoms with E-state index in [0.29, 0.717) is 29.9 Å². The van der Waals surface area contributed by atoms with E-state index in [-0.39, 0.29) is 30.1 Å². The van der Waals surface area contributed by atoms with Crippen LogP contribution in [0.5, 0.6) is 11.5 Å². The number of methoxy groups -OCH3 is 2. The van der Waals surface area contributed by atoms with E-state index in [9.17, 15) is 19.1 Å². The van der Waals surface area contributed by atoms with Gasteiger partial charge >= 0.3 is 0 Å². The monoisotopic (exact) mass is 489 g/mol. The van der Waals surface area contributed by atoms with Gasteiger partial charge in [-0.15, -0.1) is 0 Å². The van der Waals surface area contributed by atoms with Gasteiger partial charge in [0.25, 0.3) is 5.91 Å². The van der Waals surface area contributed by atoms with Gasteiger partial charge in [-0.05, 0) is 53.8 Å². The van der Waals surface area contributed by atoms with E-state index < -0.39 is 17.7 Å². The third-order valence-electron chi connectivity index (χ3n) is 6.37. The number of ether oxygens (including phenoxy) is 2. The van der Waals surface area contributed by atoms with Crippen LogP contribution in [0.25, 0.3) is 0 Å². The molecule has 1 atom stereocenters. The van der Waals surface area contributed by atoms with Crippen LogP contribution in [-0.4, -0.2) is 42.5 Å². The number of halogens is 1. The van der Waals surface area contributed by atoms with Crippen LogP contribution >= 0.6 is 0 Å². The molecular weight excluding hydrogens is 461 g/mol. The summed E-state index contributed by atoms with van der Waals surface area (Å²) in [4.78, 5) is 28.1. The molecule has 3 aromatic carbocycles. The first-order chi connectivity index (χ1) is 17.4. The zero-order valence-corrected chi connectivity index (χ0v) is 20.2. The minimum Gasteiger partial charge on any atom is -0.503 e. The molecule has 0 radical (unpaired) electrons. The Kier molecular flexibility index (Phi) is 7.68. The summed E-state index contributed by atoms with van der Waals surface area (Å²) in [6.45, 7) is 0.225.